The number of carbonyl (C=O) groups excluding carboxylic acids is 2. The molecule has 0 rings (SSSR count). The summed E-state index contributed by atoms with van der Waals surface area (Å²) in [6.07, 6.45) is 9.91. The summed E-state index contributed by atoms with van der Waals surface area (Å²) < 4.78 is 5.10. The van der Waals surface area contributed by atoms with Crippen molar-refractivity contribution in [2.75, 3.05) is 26.2 Å². The molecule has 0 heterocycles. The van der Waals surface area contributed by atoms with Crippen LogP contribution in [0.25, 0.3) is 0 Å². The van der Waals surface area contributed by atoms with Gasteiger partial charge in [0, 0.05) is 13.1 Å². The second-order valence-corrected chi connectivity index (χ2v) is 5.13. The minimum absolute atomic E-state index is 0.195. The highest BCUT2D eigenvalue weighted by Crippen LogP contribution is 2.07. The van der Waals surface area contributed by atoms with Crippen molar-refractivity contribution in [3.05, 3.63) is 0 Å². The fourth-order valence-electron chi connectivity index (χ4n) is 2.13. The minimum atomic E-state index is -0.195. The zero-order chi connectivity index (χ0) is 15.8. The van der Waals surface area contributed by atoms with Gasteiger partial charge in [-0.1, -0.05) is 39.0 Å². The summed E-state index contributed by atoms with van der Waals surface area (Å²) in [5.41, 5.74) is 0. The molecule has 0 aromatic heterocycles. The van der Waals surface area contributed by atoms with Crippen LogP contribution in [0, 0.1) is 0 Å². The molecule has 5 nitrogen and oxygen atoms in total. The molecule has 0 bridgehead atoms. The second-order valence-electron chi connectivity index (χ2n) is 5.13. The Morgan fingerprint density at radius 1 is 1.00 bits per heavy atom. The fourth-order valence-corrected chi connectivity index (χ4v) is 2.13. The lowest BCUT2D eigenvalue weighted by molar-refractivity contribution is 0.105. The first-order valence-electron chi connectivity index (χ1n) is 8.21. The molecule has 5 heteroatoms. The molecule has 122 valence electrons. The number of rotatable bonds is 13. The van der Waals surface area contributed by atoms with Crippen LogP contribution < -0.4 is 0 Å². The van der Waals surface area contributed by atoms with Crippen LogP contribution in [0.1, 0.15) is 65.2 Å². The Morgan fingerprint density at radius 2 is 1.62 bits per heavy atom. The third-order valence-electron chi connectivity index (χ3n) is 3.32. The van der Waals surface area contributed by atoms with E-state index in [0.29, 0.717) is 13.2 Å². The molecule has 0 unspecified atom stereocenters. The lowest BCUT2D eigenvalue weighted by Crippen LogP contribution is -2.33. The van der Waals surface area contributed by atoms with Gasteiger partial charge >= 0.3 is 6.09 Å². The molecule has 1 amide bonds. The summed E-state index contributed by atoms with van der Waals surface area (Å²) in [5.74, 6) is 0. The van der Waals surface area contributed by atoms with Gasteiger partial charge in [0.05, 0.1) is 13.2 Å². The van der Waals surface area contributed by atoms with Crippen LogP contribution in [0.4, 0.5) is 4.79 Å². The van der Waals surface area contributed by atoms with Crippen LogP contribution in [-0.2, 0) is 9.53 Å². The van der Waals surface area contributed by atoms with Gasteiger partial charge in [-0.15, -0.1) is 0 Å². The summed E-state index contributed by atoms with van der Waals surface area (Å²) in [7, 11) is 0. The van der Waals surface area contributed by atoms with E-state index in [1.54, 1.807) is 6.08 Å². The van der Waals surface area contributed by atoms with Crippen LogP contribution in [0.2, 0.25) is 0 Å². The smallest absolute Gasteiger partial charge is 0.409 e. The Morgan fingerprint density at radius 3 is 2.19 bits per heavy atom. The number of ether oxygens (including phenoxy) is 1. The zero-order valence-electron chi connectivity index (χ0n) is 13.6. The Labute approximate surface area is 128 Å². The third-order valence-corrected chi connectivity index (χ3v) is 3.32. The Kier molecular flexibility index (Phi) is 14.1. The van der Waals surface area contributed by atoms with Crippen molar-refractivity contribution >= 4 is 12.2 Å². The average molecular weight is 298 g/mol. The summed E-state index contributed by atoms with van der Waals surface area (Å²) in [6.45, 7) is 6.53. The van der Waals surface area contributed by atoms with Gasteiger partial charge in [-0.05, 0) is 26.2 Å². The van der Waals surface area contributed by atoms with Gasteiger partial charge in [-0.3, -0.25) is 0 Å². The monoisotopic (exact) mass is 298 g/mol. The first-order valence-corrected chi connectivity index (χ1v) is 8.21. The number of amides is 1. The topological polar surface area (TPSA) is 59.0 Å². The van der Waals surface area contributed by atoms with Gasteiger partial charge in [0.25, 0.3) is 0 Å². The number of nitrogens with zero attached hydrogens (tertiary/aromatic N) is 2. The molecule has 0 aliphatic carbocycles. The van der Waals surface area contributed by atoms with E-state index in [1.165, 1.54) is 12.8 Å². The quantitative estimate of drug-likeness (QED) is 0.294. The van der Waals surface area contributed by atoms with Crippen molar-refractivity contribution in [2.24, 2.45) is 4.99 Å². The predicted octanol–water partition coefficient (Wildman–Crippen LogP) is 3.92. The van der Waals surface area contributed by atoms with Crippen LogP contribution in [0.3, 0.4) is 0 Å². The van der Waals surface area contributed by atoms with Gasteiger partial charge in [-0.2, -0.15) is 0 Å². The maximum Gasteiger partial charge on any atom is 0.409 e. The molecular weight excluding hydrogens is 268 g/mol. The van der Waals surface area contributed by atoms with Crippen molar-refractivity contribution < 1.29 is 14.3 Å². The van der Waals surface area contributed by atoms with E-state index in [2.05, 4.69) is 11.9 Å². The van der Waals surface area contributed by atoms with Gasteiger partial charge in [-0.25, -0.2) is 14.6 Å². The molecule has 0 radical (unpaired) electrons. The molecule has 0 fully saturated rings. The molecule has 0 N–H and O–H groups in total. The molecule has 0 aliphatic heterocycles. The van der Waals surface area contributed by atoms with Crippen LogP contribution >= 0.6 is 0 Å². The number of unbranched alkanes of at least 4 members (excludes halogenated alkanes) is 6. The number of hydrogen-bond donors (Lipinski definition) is 0. The molecule has 0 aromatic carbocycles. The summed E-state index contributed by atoms with van der Waals surface area (Å²) in [4.78, 5) is 27.1. The van der Waals surface area contributed by atoms with Crippen molar-refractivity contribution in [1.29, 1.82) is 0 Å². The molecule has 0 saturated heterocycles. The maximum absolute atomic E-state index is 11.9. The highest BCUT2D eigenvalue weighted by Gasteiger charge is 2.13. The second kappa shape index (κ2) is 15.0. The van der Waals surface area contributed by atoms with Crippen LogP contribution in [0.5, 0.6) is 0 Å². The van der Waals surface area contributed by atoms with Gasteiger partial charge in [0.1, 0.15) is 0 Å². The maximum atomic E-state index is 11.9. The van der Waals surface area contributed by atoms with Gasteiger partial charge < -0.3 is 9.64 Å². The van der Waals surface area contributed by atoms with E-state index in [1.807, 2.05) is 11.8 Å². The van der Waals surface area contributed by atoms with Crippen LogP contribution in [-0.4, -0.2) is 43.3 Å². The van der Waals surface area contributed by atoms with Crippen molar-refractivity contribution in [3.8, 4) is 0 Å². The number of hydrogen-bond acceptors (Lipinski definition) is 4. The zero-order valence-corrected chi connectivity index (χ0v) is 13.6. The summed E-state index contributed by atoms with van der Waals surface area (Å²) in [5, 5.41) is 0. The number of carbonyl (C=O) groups is 1. The fraction of sp³-hybridized carbons (Fsp3) is 0.875. The lowest BCUT2D eigenvalue weighted by atomic mass is 10.1. The first kappa shape index (κ1) is 19.7. The number of isocyanates is 1. The SMILES string of the molecule is CCCCCCN(CCCCCCN=C=O)C(=O)OCC. The predicted molar refractivity (Wildman–Crippen MR) is 84.2 cm³/mol. The largest absolute Gasteiger partial charge is 0.450 e. The van der Waals surface area contributed by atoms with E-state index in [-0.39, 0.29) is 6.09 Å². The summed E-state index contributed by atoms with van der Waals surface area (Å²) in [6, 6.07) is 0. The molecule has 0 aromatic rings. The van der Waals surface area contributed by atoms with Crippen molar-refractivity contribution in [2.45, 2.75) is 65.2 Å². The van der Waals surface area contributed by atoms with E-state index in [0.717, 1.165) is 51.6 Å². The van der Waals surface area contributed by atoms with E-state index in [4.69, 9.17) is 4.74 Å². The molecular formula is C16H30N2O3. The molecule has 0 saturated carbocycles. The third kappa shape index (κ3) is 12.1. The molecule has 21 heavy (non-hydrogen) atoms. The molecule has 0 atom stereocenters. The van der Waals surface area contributed by atoms with Crippen molar-refractivity contribution in [3.63, 3.8) is 0 Å². The van der Waals surface area contributed by atoms with E-state index in [9.17, 15) is 9.59 Å². The van der Waals surface area contributed by atoms with E-state index >= 15 is 0 Å². The van der Waals surface area contributed by atoms with Gasteiger partial charge in [0.2, 0.25) is 6.08 Å². The standard InChI is InChI=1S/C16H30N2O3/c1-3-5-6-10-13-18(16(20)21-4-2)14-11-8-7-9-12-17-15-19/h3-14H2,1-2H3. The number of aliphatic imine (C=N–C) groups is 1. The molecule has 0 aliphatic rings. The lowest BCUT2D eigenvalue weighted by Gasteiger charge is -2.21. The highest BCUT2D eigenvalue weighted by molar-refractivity contribution is 5.67. The summed E-state index contributed by atoms with van der Waals surface area (Å²) >= 11 is 0. The van der Waals surface area contributed by atoms with Crippen LogP contribution in [0.15, 0.2) is 4.99 Å². The highest BCUT2D eigenvalue weighted by atomic mass is 16.6. The Balaban J connectivity index is 3.86. The van der Waals surface area contributed by atoms with Gasteiger partial charge in [0.15, 0.2) is 0 Å². The first-order chi connectivity index (χ1) is 10.3. The normalized spacial score (nSPS) is 10.0. The van der Waals surface area contributed by atoms with E-state index < -0.39 is 0 Å². The minimum Gasteiger partial charge on any atom is -0.450 e. The Bertz CT molecular complexity index is 302. The average Bonchev–Trinajstić information content (AvgIpc) is 2.48. The Hall–Kier alpha value is -1.35. The van der Waals surface area contributed by atoms with Crippen molar-refractivity contribution in [1.82, 2.24) is 4.90 Å². The molecule has 0 spiro atoms.